The monoisotopic (exact) mass is 932 g/mol. The average Bonchev–Trinajstić information content (AvgIpc) is 3.88. The van der Waals surface area contributed by atoms with Gasteiger partial charge in [-0.05, 0) is 105 Å². The number of benzene rings is 3. The number of hydrogen-bond acceptors (Lipinski definition) is 13. The first-order valence-electron chi connectivity index (χ1n) is 21.9. The molecule has 344 valence electrons. The minimum Gasteiger partial charge on any atom is -0.453 e. The summed E-state index contributed by atoms with van der Waals surface area (Å²) in [5, 5.41) is 12.3. The van der Waals surface area contributed by atoms with Crippen molar-refractivity contribution in [2.75, 3.05) is 53.8 Å². The molecule has 4 amide bonds. The van der Waals surface area contributed by atoms with Crippen molar-refractivity contribution in [2.24, 2.45) is 5.41 Å². The van der Waals surface area contributed by atoms with Crippen LogP contribution in [-0.2, 0) is 19.8 Å². The first-order chi connectivity index (χ1) is 32.2. The van der Waals surface area contributed by atoms with Crippen LogP contribution in [-0.4, -0.2) is 107 Å². The van der Waals surface area contributed by atoms with E-state index in [1.165, 1.54) is 29.1 Å². The second-order valence-corrected chi connectivity index (χ2v) is 19.2. The van der Waals surface area contributed by atoms with Crippen molar-refractivity contribution in [3.63, 3.8) is 0 Å². The van der Waals surface area contributed by atoms with Gasteiger partial charge < -0.3 is 14.5 Å². The number of anilines is 3. The predicted octanol–water partition coefficient (Wildman–Crippen LogP) is 4.57. The number of piperidine rings is 3. The van der Waals surface area contributed by atoms with E-state index in [-0.39, 0.29) is 65.7 Å². The Labute approximate surface area is 381 Å². The molecular weight excluding hydrogens is 891 g/mol. The summed E-state index contributed by atoms with van der Waals surface area (Å²) in [5.74, 6) is -2.90. The standard InChI is InChI=1S/C46H42F2N10O8S/c47-27-11-16-56(25-27)67(64,65)53-37-7-5-35(48)41(34(37)23-49)66-30-3-6-36-33(22-30)43(61)57(26-51-36)29-2-9-39(50-24-29)55-19-14-46(15-20-55)12-17-54(18-13-46)28-1-4-31-32(21-28)45(63)58(44(31)62)38-8-10-40(59)52-42(38)60/h1-7,9,21-22,24,26-27,38,53H,8,10-20,25H2,(H,52,59,60)/t27-,38?/m1/s1. The molecule has 2 N–H and O–H groups in total. The Bertz CT molecular complexity index is 3110. The smallest absolute Gasteiger partial charge is 0.301 e. The Kier molecular flexibility index (Phi) is 11.0. The molecular formula is C46H42F2N10O8S. The highest BCUT2D eigenvalue weighted by Gasteiger charge is 2.45. The Morgan fingerprint density at radius 1 is 0.836 bits per heavy atom. The molecule has 2 atom stereocenters. The SMILES string of the molecule is N#Cc1c(NS(=O)(=O)N2CC[C@@H](F)C2)ccc(F)c1Oc1ccc2ncn(-c3ccc(N4CCC5(CCN(c6ccc7c(c6)C(=O)N(C6CCC(=O)NC6=O)C7=O)CC5)CC4)nc3)c(=O)c2c1. The van der Waals surface area contributed by atoms with Gasteiger partial charge in [0.15, 0.2) is 11.6 Å². The van der Waals surface area contributed by atoms with E-state index in [0.29, 0.717) is 11.2 Å². The highest BCUT2D eigenvalue weighted by atomic mass is 32.2. The lowest BCUT2D eigenvalue weighted by Gasteiger charge is -2.47. The number of nitrogens with one attached hydrogen (secondary N) is 2. The highest BCUT2D eigenvalue weighted by molar-refractivity contribution is 7.90. The van der Waals surface area contributed by atoms with Gasteiger partial charge in [0.05, 0.1) is 39.6 Å². The van der Waals surface area contributed by atoms with Crippen LogP contribution in [0.3, 0.4) is 0 Å². The maximum absolute atomic E-state index is 15.2. The molecule has 7 heterocycles. The molecule has 10 rings (SSSR count). The number of nitriles is 1. The van der Waals surface area contributed by atoms with E-state index in [4.69, 9.17) is 9.72 Å². The van der Waals surface area contributed by atoms with E-state index in [0.717, 1.165) is 84.7 Å². The zero-order valence-electron chi connectivity index (χ0n) is 35.8. The van der Waals surface area contributed by atoms with Crippen LogP contribution < -0.4 is 30.1 Å². The molecule has 18 nitrogen and oxygen atoms in total. The summed E-state index contributed by atoms with van der Waals surface area (Å²) in [6.07, 6.45) is 5.60. The molecule has 0 saturated carbocycles. The molecule has 5 aliphatic rings. The van der Waals surface area contributed by atoms with Gasteiger partial charge in [-0.15, -0.1) is 0 Å². The number of hydrogen-bond donors (Lipinski definition) is 2. The lowest BCUT2D eigenvalue weighted by atomic mass is 9.71. The lowest BCUT2D eigenvalue weighted by molar-refractivity contribution is -0.136. The quantitative estimate of drug-likeness (QED) is 0.194. The molecule has 0 aliphatic carbocycles. The van der Waals surface area contributed by atoms with Crippen LogP contribution >= 0.6 is 0 Å². The number of aromatic nitrogens is 3. The van der Waals surface area contributed by atoms with E-state index >= 15 is 4.39 Å². The number of nitrogens with zero attached hydrogens (tertiary/aromatic N) is 8. The predicted molar refractivity (Wildman–Crippen MR) is 238 cm³/mol. The lowest BCUT2D eigenvalue weighted by Crippen LogP contribution is -2.54. The van der Waals surface area contributed by atoms with Gasteiger partial charge in [-0.3, -0.25) is 43.5 Å². The van der Waals surface area contributed by atoms with Crippen LogP contribution in [0.1, 0.15) is 71.2 Å². The Morgan fingerprint density at radius 2 is 1.57 bits per heavy atom. The first-order valence-corrected chi connectivity index (χ1v) is 23.3. The van der Waals surface area contributed by atoms with Crippen molar-refractivity contribution in [2.45, 2.75) is 57.2 Å². The van der Waals surface area contributed by atoms with Gasteiger partial charge in [-0.1, -0.05) is 0 Å². The molecule has 3 aromatic carbocycles. The number of pyridine rings is 1. The van der Waals surface area contributed by atoms with Crippen LogP contribution in [0.2, 0.25) is 0 Å². The van der Waals surface area contributed by atoms with Crippen LogP contribution in [0.4, 0.5) is 26.0 Å². The fraction of sp³-hybridized carbons (Fsp3) is 0.348. The average molecular weight is 933 g/mol. The largest absolute Gasteiger partial charge is 0.453 e. The molecule has 21 heteroatoms. The van der Waals surface area contributed by atoms with Crippen molar-refractivity contribution < 1.29 is 41.1 Å². The first kappa shape index (κ1) is 43.6. The van der Waals surface area contributed by atoms with Crippen molar-refractivity contribution in [3.05, 3.63) is 106 Å². The number of fused-ring (bicyclic) bond motifs is 2. The van der Waals surface area contributed by atoms with E-state index in [1.54, 1.807) is 30.5 Å². The van der Waals surface area contributed by atoms with Crippen molar-refractivity contribution in [1.29, 1.82) is 5.26 Å². The summed E-state index contributed by atoms with van der Waals surface area (Å²) in [4.78, 5) is 79.2. The molecule has 4 fully saturated rings. The number of halogens is 2. The van der Waals surface area contributed by atoms with Crippen LogP contribution in [0.5, 0.6) is 11.5 Å². The number of ether oxygens (including phenoxy) is 1. The van der Waals surface area contributed by atoms with E-state index < -0.39 is 68.7 Å². The van der Waals surface area contributed by atoms with Crippen LogP contribution in [0.15, 0.2) is 78.0 Å². The number of carbonyl (C=O) groups excluding carboxylic acids is 4. The maximum atomic E-state index is 15.2. The normalized spacial score (nSPS) is 20.9. The van der Waals surface area contributed by atoms with Gasteiger partial charge in [-0.2, -0.15) is 18.0 Å². The molecule has 5 aromatic rings. The number of imide groups is 2. The van der Waals surface area contributed by atoms with Gasteiger partial charge in [0, 0.05) is 51.4 Å². The van der Waals surface area contributed by atoms with Gasteiger partial charge >= 0.3 is 10.2 Å². The third-order valence-electron chi connectivity index (χ3n) is 13.6. The highest BCUT2D eigenvalue weighted by Crippen LogP contribution is 2.43. The summed E-state index contributed by atoms with van der Waals surface area (Å²) in [5.41, 5.74) is 1.08. The number of carbonyl (C=O) groups is 4. The third kappa shape index (κ3) is 7.99. The van der Waals surface area contributed by atoms with Crippen LogP contribution in [0.25, 0.3) is 16.6 Å². The molecule has 0 radical (unpaired) electrons. The van der Waals surface area contributed by atoms with Gasteiger partial charge in [0.2, 0.25) is 11.8 Å². The second-order valence-electron chi connectivity index (χ2n) is 17.5. The molecule has 1 unspecified atom stereocenters. The minimum absolute atomic E-state index is 0.0149. The Balaban J connectivity index is 0.778. The van der Waals surface area contributed by atoms with Gasteiger partial charge in [-0.25, -0.2) is 18.7 Å². The molecule has 0 bridgehead atoms. The van der Waals surface area contributed by atoms with Gasteiger partial charge in [0.25, 0.3) is 17.4 Å². The summed E-state index contributed by atoms with van der Waals surface area (Å²) >= 11 is 0. The van der Waals surface area contributed by atoms with Crippen molar-refractivity contribution in [3.8, 4) is 23.3 Å². The molecule has 2 aromatic heterocycles. The van der Waals surface area contributed by atoms with E-state index in [2.05, 4.69) is 24.8 Å². The van der Waals surface area contributed by atoms with Crippen molar-refractivity contribution in [1.82, 2.24) is 29.1 Å². The fourth-order valence-electron chi connectivity index (χ4n) is 9.74. The molecule has 4 saturated heterocycles. The number of alkyl halides is 1. The van der Waals surface area contributed by atoms with Crippen molar-refractivity contribution >= 4 is 61.9 Å². The van der Waals surface area contributed by atoms with E-state index in [9.17, 15) is 42.0 Å². The molecule has 1 spiro atoms. The second kappa shape index (κ2) is 16.8. The number of amides is 4. The third-order valence-corrected chi connectivity index (χ3v) is 15.1. The summed E-state index contributed by atoms with van der Waals surface area (Å²) in [6, 6.07) is 15.9. The topological polar surface area (TPSA) is 220 Å². The Morgan fingerprint density at radius 3 is 2.25 bits per heavy atom. The maximum Gasteiger partial charge on any atom is 0.301 e. The molecule has 67 heavy (non-hydrogen) atoms. The zero-order valence-corrected chi connectivity index (χ0v) is 36.6. The summed E-state index contributed by atoms with van der Waals surface area (Å²) in [7, 11) is -4.26. The zero-order chi connectivity index (χ0) is 46.8. The van der Waals surface area contributed by atoms with Gasteiger partial charge in [0.1, 0.15) is 41.7 Å². The molecule has 5 aliphatic heterocycles. The summed E-state index contributed by atoms with van der Waals surface area (Å²) < 4.78 is 65.0. The summed E-state index contributed by atoms with van der Waals surface area (Å²) in [6.45, 7) is 2.69. The minimum atomic E-state index is -4.26. The Hall–Kier alpha value is -7.31. The van der Waals surface area contributed by atoms with Crippen LogP contribution in [0, 0.1) is 22.6 Å². The number of rotatable bonds is 9. The van der Waals surface area contributed by atoms with E-state index in [1.807, 2.05) is 12.1 Å². The fourth-order valence-corrected chi connectivity index (χ4v) is 11.0.